The van der Waals surface area contributed by atoms with E-state index in [1.54, 1.807) is 22.7 Å². The first kappa shape index (κ1) is 22.5. The van der Waals surface area contributed by atoms with Crippen LogP contribution in [0.25, 0.3) is 11.3 Å². The molecule has 0 radical (unpaired) electrons. The first-order chi connectivity index (χ1) is 15.6. The van der Waals surface area contributed by atoms with Gasteiger partial charge in [-0.1, -0.05) is 34.8 Å². The van der Waals surface area contributed by atoms with Gasteiger partial charge >= 0.3 is 0 Å². The van der Waals surface area contributed by atoms with Gasteiger partial charge in [-0.05, 0) is 36.4 Å². The highest BCUT2D eigenvalue weighted by Crippen LogP contribution is 2.36. The Morgan fingerprint density at radius 1 is 1.25 bits per heavy atom. The number of carbonyl (C=O) groups is 3. The summed E-state index contributed by atoms with van der Waals surface area (Å²) in [5, 5.41) is 11.7. The Hall–Kier alpha value is -2.72. The van der Waals surface area contributed by atoms with Gasteiger partial charge in [0.25, 0.3) is 0 Å². The summed E-state index contributed by atoms with van der Waals surface area (Å²) in [5.74, 6) is 0.0700. The average Bonchev–Trinajstić information content (AvgIpc) is 3.49. The van der Waals surface area contributed by atoms with E-state index in [9.17, 15) is 14.4 Å². The molecule has 1 aromatic carbocycles. The molecule has 2 fully saturated rings. The molecule has 8 nitrogen and oxygen atoms in total. The van der Waals surface area contributed by atoms with Crippen LogP contribution < -0.4 is 10.6 Å². The van der Waals surface area contributed by atoms with E-state index in [4.69, 9.17) is 0 Å². The Morgan fingerprint density at radius 2 is 2.06 bits per heavy atom. The maximum atomic E-state index is 13.0. The van der Waals surface area contributed by atoms with Crippen molar-refractivity contribution in [2.45, 2.75) is 49.7 Å². The van der Waals surface area contributed by atoms with E-state index in [1.165, 1.54) is 11.5 Å². The minimum atomic E-state index is -0.565. The number of nitrogens with one attached hydrogen (secondary N) is 2. The molecule has 0 spiro atoms. The molecule has 3 amide bonds. The van der Waals surface area contributed by atoms with Crippen molar-refractivity contribution in [3.8, 4) is 11.3 Å². The third-order valence-corrected chi connectivity index (χ3v) is 7.50. The van der Waals surface area contributed by atoms with Gasteiger partial charge < -0.3 is 15.5 Å². The summed E-state index contributed by atoms with van der Waals surface area (Å²) < 4.78 is 3.87. The monoisotopic (exact) mass is 471 g/mol. The Morgan fingerprint density at radius 3 is 2.78 bits per heavy atom. The van der Waals surface area contributed by atoms with Gasteiger partial charge in [-0.3, -0.25) is 14.4 Å². The highest BCUT2D eigenvalue weighted by atomic mass is 32.2. The van der Waals surface area contributed by atoms with Crippen LogP contribution in [0.4, 0.5) is 0 Å². The summed E-state index contributed by atoms with van der Waals surface area (Å²) in [6.45, 7) is 3.99. The number of hydrogen-bond donors (Lipinski definition) is 2. The number of rotatable bonds is 8. The third-order valence-electron chi connectivity index (χ3n) is 5.64. The van der Waals surface area contributed by atoms with Crippen LogP contribution >= 0.6 is 23.3 Å². The molecule has 3 atom stereocenters. The molecule has 2 aromatic rings. The molecule has 0 saturated carbocycles. The van der Waals surface area contributed by atoms with Crippen molar-refractivity contribution >= 4 is 41.0 Å². The van der Waals surface area contributed by atoms with Crippen molar-refractivity contribution in [2.24, 2.45) is 0 Å². The number of thioether (sulfide) groups is 1. The van der Waals surface area contributed by atoms with Crippen molar-refractivity contribution in [2.75, 3.05) is 5.75 Å². The van der Waals surface area contributed by atoms with Crippen molar-refractivity contribution in [1.29, 1.82) is 0 Å². The maximum absolute atomic E-state index is 13.0. The molecule has 2 aliphatic heterocycles. The largest absolute Gasteiger partial charge is 0.350 e. The molecule has 3 heterocycles. The molecule has 1 aromatic heterocycles. The Kier molecular flexibility index (Phi) is 7.21. The summed E-state index contributed by atoms with van der Waals surface area (Å²) in [6, 6.07) is 6.71. The molecule has 2 aliphatic rings. The van der Waals surface area contributed by atoms with E-state index in [2.05, 4.69) is 26.8 Å². The Labute approximate surface area is 195 Å². The number of nitrogens with zero attached hydrogens (tertiary/aromatic N) is 3. The van der Waals surface area contributed by atoms with Gasteiger partial charge in [-0.2, -0.15) is 0 Å². The zero-order valence-corrected chi connectivity index (χ0v) is 19.2. The van der Waals surface area contributed by atoms with Gasteiger partial charge in [-0.25, -0.2) is 0 Å². The minimum absolute atomic E-state index is 0.00872. The van der Waals surface area contributed by atoms with Gasteiger partial charge in [0.1, 0.15) is 17.8 Å². The summed E-state index contributed by atoms with van der Waals surface area (Å²) >= 11 is 2.93. The van der Waals surface area contributed by atoms with E-state index in [0.29, 0.717) is 31.6 Å². The normalized spacial score (nSPS) is 22.3. The van der Waals surface area contributed by atoms with Gasteiger partial charge in [-0.15, -0.1) is 23.4 Å². The fourth-order valence-corrected chi connectivity index (χ4v) is 5.82. The van der Waals surface area contributed by atoms with Crippen molar-refractivity contribution < 1.29 is 14.4 Å². The van der Waals surface area contributed by atoms with Crippen LogP contribution in [0.2, 0.25) is 0 Å². The number of allylic oxidation sites excluding steroid dienone is 1. The van der Waals surface area contributed by atoms with Crippen LogP contribution in [0.1, 0.15) is 31.2 Å². The van der Waals surface area contributed by atoms with Crippen LogP contribution in [-0.2, 0) is 20.9 Å². The van der Waals surface area contributed by atoms with E-state index in [0.717, 1.165) is 23.2 Å². The fraction of sp³-hybridized carbons (Fsp3) is 0.409. The van der Waals surface area contributed by atoms with Crippen LogP contribution in [0.3, 0.4) is 0 Å². The predicted octanol–water partition coefficient (Wildman–Crippen LogP) is 2.34. The smallest absolute Gasteiger partial charge is 0.246 e. The van der Waals surface area contributed by atoms with Crippen LogP contribution in [-0.4, -0.2) is 55.4 Å². The van der Waals surface area contributed by atoms with Crippen LogP contribution in [0.15, 0.2) is 42.3 Å². The predicted molar refractivity (Wildman–Crippen MR) is 125 cm³/mol. The van der Waals surface area contributed by atoms with Gasteiger partial charge in [0.2, 0.25) is 17.7 Å². The number of amides is 3. The topological polar surface area (TPSA) is 104 Å². The lowest BCUT2D eigenvalue weighted by molar-refractivity contribution is -0.145. The Balaban J connectivity index is 1.34. The molecule has 2 N–H and O–H groups in total. The zero-order valence-electron chi connectivity index (χ0n) is 17.5. The molecular weight excluding hydrogens is 446 g/mol. The number of carbonyl (C=O) groups excluding carboxylic acids is 3. The molecule has 32 heavy (non-hydrogen) atoms. The van der Waals surface area contributed by atoms with Crippen molar-refractivity contribution in [3.63, 3.8) is 0 Å². The summed E-state index contributed by atoms with van der Waals surface area (Å²) in [5.41, 5.74) is 2.77. The SMILES string of the molecule is C=CCCC(=O)N[C@H]1CC[C@@H]2SC[C@@H](C(=O)NCc3ccc(-c4csnn4)cc3)N2C1=O. The first-order valence-electron chi connectivity index (χ1n) is 10.5. The van der Waals surface area contributed by atoms with E-state index < -0.39 is 12.1 Å². The molecule has 0 aliphatic carbocycles. The number of aromatic nitrogens is 2. The molecule has 2 saturated heterocycles. The van der Waals surface area contributed by atoms with Gasteiger partial charge in [0.15, 0.2) is 0 Å². The van der Waals surface area contributed by atoms with E-state index >= 15 is 0 Å². The fourth-order valence-electron chi connectivity index (χ4n) is 3.92. The summed E-state index contributed by atoms with van der Waals surface area (Å²) in [4.78, 5) is 39.7. The second-order valence-electron chi connectivity index (χ2n) is 7.78. The maximum Gasteiger partial charge on any atom is 0.246 e. The lowest BCUT2D eigenvalue weighted by Crippen LogP contribution is -2.58. The average molecular weight is 472 g/mol. The lowest BCUT2D eigenvalue weighted by atomic mass is 10.0. The Bertz CT molecular complexity index is 980. The van der Waals surface area contributed by atoms with Crippen LogP contribution in [0, 0.1) is 0 Å². The lowest BCUT2D eigenvalue weighted by Gasteiger charge is -2.37. The van der Waals surface area contributed by atoms with Crippen molar-refractivity contribution in [1.82, 2.24) is 25.1 Å². The number of fused-ring (bicyclic) bond motifs is 1. The summed E-state index contributed by atoms with van der Waals surface area (Å²) in [6.07, 6.45) is 3.93. The third kappa shape index (κ3) is 5.02. The molecule has 168 valence electrons. The summed E-state index contributed by atoms with van der Waals surface area (Å²) in [7, 11) is 0. The molecular formula is C22H25N5O3S2. The highest BCUT2D eigenvalue weighted by molar-refractivity contribution is 8.00. The van der Waals surface area contributed by atoms with Crippen molar-refractivity contribution in [3.05, 3.63) is 47.9 Å². The highest BCUT2D eigenvalue weighted by Gasteiger charge is 2.46. The molecule has 4 rings (SSSR count). The first-order valence-corrected chi connectivity index (χ1v) is 12.4. The van der Waals surface area contributed by atoms with Crippen LogP contribution in [0.5, 0.6) is 0 Å². The zero-order chi connectivity index (χ0) is 22.5. The molecule has 0 unspecified atom stereocenters. The molecule has 0 bridgehead atoms. The second-order valence-corrected chi connectivity index (χ2v) is 9.60. The quantitative estimate of drug-likeness (QED) is 0.573. The molecule has 10 heteroatoms. The van der Waals surface area contributed by atoms with E-state index in [-0.39, 0.29) is 23.1 Å². The number of benzene rings is 1. The van der Waals surface area contributed by atoms with Gasteiger partial charge in [0, 0.05) is 29.7 Å². The van der Waals surface area contributed by atoms with E-state index in [1.807, 2.05) is 29.6 Å². The second kappa shape index (κ2) is 10.3. The minimum Gasteiger partial charge on any atom is -0.350 e. The number of hydrogen-bond acceptors (Lipinski definition) is 7. The standard InChI is InChI=1S/C22H25N5O3S2/c1-2-3-4-19(28)24-16-9-10-20-27(22(16)30)18(13-31-20)21(29)23-11-14-5-7-15(8-6-14)17-12-32-26-25-17/h2,5-8,12,16,18,20H,1,3-4,9-11,13H2,(H,23,29)(H,24,28)/t16-,18-,20-/m0/s1. The van der Waals surface area contributed by atoms with Gasteiger partial charge in [0.05, 0.1) is 5.37 Å². The number of piperidine rings is 1.